The van der Waals surface area contributed by atoms with Gasteiger partial charge in [0.2, 0.25) is 5.95 Å². The zero-order valence-electron chi connectivity index (χ0n) is 15.5. The van der Waals surface area contributed by atoms with E-state index < -0.39 is 12.0 Å². The zero-order valence-corrected chi connectivity index (χ0v) is 15.5. The van der Waals surface area contributed by atoms with Crippen LogP contribution in [0.4, 0.5) is 5.95 Å². The first kappa shape index (κ1) is 17.7. The van der Waals surface area contributed by atoms with Crippen molar-refractivity contribution in [3.63, 3.8) is 0 Å². The average molecular weight is 377 g/mol. The third-order valence-electron chi connectivity index (χ3n) is 4.58. The number of aromatic nitrogens is 4. The maximum absolute atomic E-state index is 13.0. The van der Waals surface area contributed by atoms with Crippen molar-refractivity contribution in [2.75, 3.05) is 12.4 Å². The van der Waals surface area contributed by atoms with E-state index in [0.29, 0.717) is 17.2 Å². The summed E-state index contributed by atoms with van der Waals surface area (Å²) >= 11 is 0. The summed E-state index contributed by atoms with van der Waals surface area (Å²) < 4.78 is 12.3. The van der Waals surface area contributed by atoms with Crippen LogP contribution in [0.25, 0.3) is 0 Å². The number of fused-ring (bicyclic) bond motifs is 1. The lowest BCUT2D eigenvalue weighted by molar-refractivity contribution is -0.140. The van der Waals surface area contributed by atoms with Crippen LogP contribution in [-0.4, -0.2) is 33.3 Å². The molecule has 1 aliphatic heterocycles. The molecule has 4 rings (SSSR count). The first-order valence-corrected chi connectivity index (χ1v) is 8.78. The summed E-state index contributed by atoms with van der Waals surface area (Å²) in [5, 5.41) is 14.8. The lowest BCUT2D eigenvalue weighted by Crippen LogP contribution is -2.29. The average Bonchev–Trinajstić information content (AvgIpc) is 3.20. The molecule has 0 saturated carbocycles. The second-order valence-electron chi connectivity index (χ2n) is 6.35. The lowest BCUT2D eigenvalue weighted by atomic mass is 9.96. The fourth-order valence-corrected chi connectivity index (χ4v) is 3.17. The number of methoxy groups -OCH3 is 1. The second-order valence-corrected chi connectivity index (χ2v) is 6.35. The van der Waals surface area contributed by atoms with E-state index in [2.05, 4.69) is 20.8 Å². The summed E-state index contributed by atoms with van der Waals surface area (Å²) in [5.74, 6) is 0.814. The Kier molecular flexibility index (Phi) is 4.76. The van der Waals surface area contributed by atoms with Gasteiger partial charge in [-0.05, 0) is 40.6 Å². The van der Waals surface area contributed by atoms with Gasteiger partial charge in [-0.25, -0.2) is 4.79 Å². The van der Waals surface area contributed by atoms with Gasteiger partial charge in [0.25, 0.3) is 0 Å². The molecule has 0 saturated heterocycles. The minimum Gasteiger partial charge on any atom is -0.497 e. The molecule has 28 heavy (non-hydrogen) atoms. The molecule has 3 aromatic rings. The van der Waals surface area contributed by atoms with Gasteiger partial charge >= 0.3 is 5.97 Å². The topological polar surface area (TPSA) is 91.2 Å². The first-order chi connectivity index (χ1) is 13.7. The number of anilines is 1. The maximum Gasteiger partial charge on any atom is 0.338 e. The molecule has 0 radical (unpaired) electrons. The number of allylic oxidation sites excluding steroid dienone is 1. The summed E-state index contributed by atoms with van der Waals surface area (Å²) in [6, 6.07) is 16.5. The first-order valence-electron chi connectivity index (χ1n) is 8.78. The number of benzene rings is 2. The van der Waals surface area contributed by atoms with Gasteiger partial charge in [0.1, 0.15) is 18.4 Å². The van der Waals surface area contributed by atoms with Gasteiger partial charge in [-0.15, -0.1) is 0 Å². The highest BCUT2D eigenvalue weighted by Crippen LogP contribution is 2.34. The number of nitrogens with zero attached hydrogens (tertiary/aromatic N) is 4. The molecule has 1 aliphatic rings. The number of esters is 1. The lowest BCUT2D eigenvalue weighted by Gasteiger charge is -2.27. The van der Waals surface area contributed by atoms with Crippen molar-refractivity contribution in [1.82, 2.24) is 20.2 Å². The fraction of sp³-hybridized carbons (Fsp3) is 0.200. The Hall–Kier alpha value is -3.68. The van der Waals surface area contributed by atoms with Crippen molar-refractivity contribution < 1.29 is 14.3 Å². The van der Waals surface area contributed by atoms with Crippen LogP contribution in [-0.2, 0) is 16.1 Å². The third-order valence-corrected chi connectivity index (χ3v) is 4.58. The van der Waals surface area contributed by atoms with E-state index in [0.717, 1.165) is 16.9 Å². The van der Waals surface area contributed by atoms with E-state index >= 15 is 0 Å². The summed E-state index contributed by atoms with van der Waals surface area (Å²) in [6.07, 6.45) is 0. The van der Waals surface area contributed by atoms with Crippen molar-refractivity contribution in [2.24, 2.45) is 0 Å². The standard InChI is InChI=1S/C20H19N5O3/c1-13-17(19(26)28-12-14-8-10-16(27-2)11-9-14)18(15-6-4-3-5-7-15)25-20(21-13)22-23-24-25/h3-11,18H,12H2,1-2H3,(H,21,22,24)/t18-/m0/s1. The molecule has 0 spiro atoms. The highest BCUT2D eigenvalue weighted by Gasteiger charge is 2.34. The molecule has 1 aromatic heterocycles. The van der Waals surface area contributed by atoms with E-state index in [-0.39, 0.29) is 6.61 Å². The fourth-order valence-electron chi connectivity index (χ4n) is 3.17. The number of hydrogen-bond acceptors (Lipinski definition) is 7. The number of tetrazole rings is 1. The number of carbonyl (C=O) groups is 1. The Balaban J connectivity index is 1.61. The van der Waals surface area contributed by atoms with E-state index in [1.54, 1.807) is 11.8 Å². The Morgan fingerprint density at radius 3 is 2.61 bits per heavy atom. The van der Waals surface area contributed by atoms with Gasteiger partial charge in [-0.3, -0.25) is 0 Å². The number of carbonyl (C=O) groups excluding carboxylic acids is 1. The van der Waals surface area contributed by atoms with Gasteiger partial charge in [0.05, 0.1) is 12.7 Å². The van der Waals surface area contributed by atoms with Crippen LogP contribution in [0.3, 0.4) is 0 Å². The second kappa shape index (κ2) is 7.51. The normalized spacial score (nSPS) is 15.6. The Bertz CT molecular complexity index is 1010. The molecular weight excluding hydrogens is 358 g/mol. The largest absolute Gasteiger partial charge is 0.497 e. The summed E-state index contributed by atoms with van der Waals surface area (Å²) in [7, 11) is 1.61. The van der Waals surface area contributed by atoms with Crippen LogP contribution < -0.4 is 10.1 Å². The molecule has 0 fully saturated rings. The molecule has 1 N–H and O–H groups in total. The third kappa shape index (κ3) is 3.32. The van der Waals surface area contributed by atoms with Crippen LogP contribution in [0.2, 0.25) is 0 Å². The van der Waals surface area contributed by atoms with Crippen molar-refractivity contribution >= 4 is 11.9 Å². The van der Waals surface area contributed by atoms with Gasteiger partial charge in [0, 0.05) is 5.70 Å². The number of rotatable bonds is 5. The Morgan fingerprint density at radius 1 is 1.14 bits per heavy atom. The van der Waals surface area contributed by atoms with Gasteiger partial charge in [0.15, 0.2) is 0 Å². The Labute approximate surface area is 161 Å². The molecule has 2 aromatic carbocycles. The summed E-state index contributed by atoms with van der Waals surface area (Å²) in [6.45, 7) is 1.97. The number of hydrogen-bond donors (Lipinski definition) is 1. The highest BCUT2D eigenvalue weighted by atomic mass is 16.5. The summed E-state index contributed by atoms with van der Waals surface area (Å²) in [4.78, 5) is 13.0. The smallest absolute Gasteiger partial charge is 0.338 e. The maximum atomic E-state index is 13.0. The van der Waals surface area contributed by atoms with E-state index in [9.17, 15) is 4.79 Å². The monoisotopic (exact) mass is 377 g/mol. The molecule has 2 heterocycles. The molecule has 0 amide bonds. The molecule has 0 bridgehead atoms. The van der Waals surface area contributed by atoms with E-state index in [4.69, 9.17) is 9.47 Å². The molecule has 0 aliphatic carbocycles. The quantitative estimate of drug-likeness (QED) is 0.684. The zero-order chi connectivity index (χ0) is 19.5. The van der Waals surface area contributed by atoms with Crippen LogP contribution in [0.15, 0.2) is 65.9 Å². The van der Waals surface area contributed by atoms with Gasteiger partial charge in [-0.1, -0.05) is 47.6 Å². The minimum absolute atomic E-state index is 0.156. The van der Waals surface area contributed by atoms with Crippen LogP contribution in [0.5, 0.6) is 5.75 Å². The number of ether oxygens (including phenoxy) is 2. The van der Waals surface area contributed by atoms with Crippen molar-refractivity contribution in [3.8, 4) is 5.75 Å². The van der Waals surface area contributed by atoms with Crippen molar-refractivity contribution in [3.05, 3.63) is 77.0 Å². The van der Waals surface area contributed by atoms with Crippen LogP contribution in [0.1, 0.15) is 24.1 Å². The van der Waals surface area contributed by atoms with E-state index in [1.807, 2.05) is 61.5 Å². The molecule has 1 atom stereocenters. The SMILES string of the molecule is COc1ccc(COC(=O)C2=C(C)Nc3nnnn3[C@H]2c2ccccc2)cc1. The van der Waals surface area contributed by atoms with Crippen LogP contribution >= 0.6 is 0 Å². The summed E-state index contributed by atoms with van der Waals surface area (Å²) in [5.41, 5.74) is 2.90. The molecular formula is C20H19N5O3. The van der Waals surface area contributed by atoms with Crippen molar-refractivity contribution in [2.45, 2.75) is 19.6 Å². The number of nitrogens with one attached hydrogen (secondary N) is 1. The predicted molar refractivity (Wildman–Crippen MR) is 102 cm³/mol. The predicted octanol–water partition coefficient (Wildman–Crippen LogP) is 2.71. The molecule has 8 nitrogen and oxygen atoms in total. The van der Waals surface area contributed by atoms with Crippen molar-refractivity contribution in [1.29, 1.82) is 0 Å². The Morgan fingerprint density at radius 2 is 1.89 bits per heavy atom. The molecule has 0 unspecified atom stereocenters. The van der Waals surface area contributed by atoms with Gasteiger partial charge in [-0.2, -0.15) is 4.68 Å². The highest BCUT2D eigenvalue weighted by molar-refractivity contribution is 5.92. The van der Waals surface area contributed by atoms with Crippen LogP contribution in [0, 0.1) is 0 Å². The molecule has 142 valence electrons. The minimum atomic E-state index is -0.462. The molecule has 8 heteroatoms. The van der Waals surface area contributed by atoms with Gasteiger partial charge < -0.3 is 14.8 Å². The van der Waals surface area contributed by atoms with E-state index in [1.165, 1.54) is 0 Å².